The van der Waals surface area contributed by atoms with E-state index in [0.717, 1.165) is 19.3 Å². The van der Waals surface area contributed by atoms with Crippen LogP contribution in [0, 0.1) is 0 Å². The second-order valence-corrected chi connectivity index (χ2v) is 5.18. The summed E-state index contributed by atoms with van der Waals surface area (Å²) in [5, 5.41) is 20.7. The summed E-state index contributed by atoms with van der Waals surface area (Å²) in [7, 11) is 3.60. The number of hydrogen-bond donors (Lipinski definition) is 1. The van der Waals surface area contributed by atoms with Gasteiger partial charge in [0.2, 0.25) is 0 Å². The molecule has 0 aromatic heterocycles. The Kier molecular flexibility index (Phi) is 7.07. The molecule has 0 aliphatic heterocycles. The molecule has 0 saturated heterocycles. The van der Waals surface area contributed by atoms with Crippen LogP contribution in [-0.4, -0.2) is 48.3 Å². The first kappa shape index (κ1) is 16.1. The normalized spacial score (nSPS) is 15.3. The first-order chi connectivity index (χ1) is 7.81. The molecule has 0 aliphatic rings. The number of nitrogens with zero attached hydrogens (tertiary/aromatic N) is 1. The molecule has 0 saturated carbocycles. The molecule has 0 aromatic carbocycles. The summed E-state index contributed by atoms with van der Waals surface area (Å²) in [6.45, 7) is 5.69. The van der Waals surface area contributed by atoms with Crippen LogP contribution < -0.4 is 5.11 Å². The standard InChI is InChI=1S/C13H25NO3/c1-5-6-7-8-9-12(15)10-14(3,4)11(2)13(16)17/h5,11-12,15H,1,6-10H2,2-4H3. The second kappa shape index (κ2) is 7.45. The highest BCUT2D eigenvalue weighted by molar-refractivity contribution is 5.69. The fourth-order valence-electron chi connectivity index (χ4n) is 1.75. The van der Waals surface area contributed by atoms with Gasteiger partial charge >= 0.3 is 0 Å². The predicted octanol–water partition coefficient (Wildman–Crippen LogP) is 0.309. The molecular weight excluding hydrogens is 218 g/mol. The second-order valence-electron chi connectivity index (χ2n) is 5.18. The maximum absolute atomic E-state index is 10.8. The van der Waals surface area contributed by atoms with Crippen molar-refractivity contribution in [2.45, 2.75) is 44.8 Å². The van der Waals surface area contributed by atoms with E-state index in [4.69, 9.17) is 0 Å². The van der Waals surface area contributed by atoms with Crippen LogP contribution in [0.25, 0.3) is 0 Å². The highest BCUT2D eigenvalue weighted by Gasteiger charge is 2.27. The number of unbranched alkanes of at least 4 members (excludes halogenated alkanes) is 2. The third kappa shape index (κ3) is 6.44. The average Bonchev–Trinajstić information content (AvgIpc) is 2.22. The molecule has 0 heterocycles. The summed E-state index contributed by atoms with van der Waals surface area (Å²) in [5.41, 5.74) is 0. The molecule has 17 heavy (non-hydrogen) atoms. The van der Waals surface area contributed by atoms with E-state index in [0.29, 0.717) is 13.0 Å². The van der Waals surface area contributed by atoms with Crippen molar-refractivity contribution in [1.29, 1.82) is 0 Å². The fourth-order valence-corrected chi connectivity index (χ4v) is 1.75. The number of hydrogen-bond acceptors (Lipinski definition) is 3. The lowest BCUT2D eigenvalue weighted by Crippen LogP contribution is -2.58. The maximum atomic E-state index is 10.8. The number of carbonyl (C=O) groups excluding carboxylic acids is 1. The molecule has 1 N–H and O–H groups in total. The van der Waals surface area contributed by atoms with E-state index in [2.05, 4.69) is 6.58 Å². The van der Waals surface area contributed by atoms with E-state index < -0.39 is 18.1 Å². The molecule has 0 rings (SSSR count). The largest absolute Gasteiger partial charge is 0.544 e. The summed E-state index contributed by atoms with van der Waals surface area (Å²) < 4.78 is 0.241. The highest BCUT2D eigenvalue weighted by atomic mass is 16.4. The summed E-state index contributed by atoms with van der Waals surface area (Å²) in [6, 6.07) is -0.613. The third-order valence-electron chi connectivity index (χ3n) is 3.27. The fraction of sp³-hybridized carbons (Fsp3) is 0.769. The molecule has 4 heteroatoms. The zero-order chi connectivity index (χ0) is 13.5. The van der Waals surface area contributed by atoms with Crippen molar-refractivity contribution in [1.82, 2.24) is 0 Å². The zero-order valence-corrected chi connectivity index (χ0v) is 11.2. The van der Waals surface area contributed by atoms with E-state index in [9.17, 15) is 15.0 Å². The SMILES string of the molecule is C=CCCCCC(O)C[N+](C)(C)C(C)C(=O)[O-]. The number of likely N-dealkylation sites (N-methyl/N-ethyl adjacent to an activating group) is 1. The van der Waals surface area contributed by atoms with Gasteiger partial charge in [0.1, 0.15) is 18.7 Å². The molecule has 0 bridgehead atoms. The van der Waals surface area contributed by atoms with Gasteiger partial charge in [-0.05, 0) is 26.2 Å². The number of carboxylic acid groups (broad SMARTS) is 1. The Balaban J connectivity index is 4.04. The number of aliphatic carboxylic acids is 1. The van der Waals surface area contributed by atoms with E-state index >= 15 is 0 Å². The van der Waals surface area contributed by atoms with Crippen LogP contribution in [0.4, 0.5) is 0 Å². The molecular formula is C13H25NO3. The Morgan fingerprint density at radius 3 is 2.53 bits per heavy atom. The van der Waals surface area contributed by atoms with Gasteiger partial charge in [-0.25, -0.2) is 0 Å². The van der Waals surface area contributed by atoms with Crippen LogP contribution in [0.15, 0.2) is 12.7 Å². The lowest BCUT2D eigenvalue weighted by Gasteiger charge is -2.38. The van der Waals surface area contributed by atoms with Crippen LogP contribution >= 0.6 is 0 Å². The van der Waals surface area contributed by atoms with Crippen LogP contribution in [0.2, 0.25) is 0 Å². The topological polar surface area (TPSA) is 60.4 Å². The minimum absolute atomic E-state index is 0.241. The number of allylic oxidation sites excluding steroid dienone is 1. The van der Waals surface area contributed by atoms with Gasteiger partial charge in [0.05, 0.1) is 20.1 Å². The molecule has 0 amide bonds. The maximum Gasteiger partial charge on any atom is 0.126 e. The first-order valence-electron chi connectivity index (χ1n) is 6.13. The van der Waals surface area contributed by atoms with Gasteiger partial charge in [0, 0.05) is 0 Å². The third-order valence-corrected chi connectivity index (χ3v) is 3.27. The molecule has 0 spiro atoms. The van der Waals surface area contributed by atoms with Gasteiger partial charge in [-0.3, -0.25) is 0 Å². The minimum atomic E-state index is -1.08. The Labute approximate surface area is 104 Å². The summed E-state index contributed by atoms with van der Waals surface area (Å²) in [5.74, 6) is -1.08. The smallest absolute Gasteiger partial charge is 0.126 e. The van der Waals surface area contributed by atoms with Crippen LogP contribution in [-0.2, 0) is 4.79 Å². The number of quaternary nitrogens is 1. The number of aliphatic hydroxyl groups excluding tert-OH is 1. The molecule has 0 radical (unpaired) electrons. The number of aliphatic hydroxyl groups is 1. The predicted molar refractivity (Wildman–Crippen MR) is 66.1 cm³/mol. The van der Waals surface area contributed by atoms with Crippen molar-refractivity contribution in [3.8, 4) is 0 Å². The molecule has 0 aromatic rings. The molecule has 2 atom stereocenters. The Morgan fingerprint density at radius 1 is 1.47 bits per heavy atom. The van der Waals surface area contributed by atoms with Gasteiger partial charge in [-0.1, -0.05) is 12.5 Å². The molecule has 0 aliphatic carbocycles. The van der Waals surface area contributed by atoms with E-state index in [-0.39, 0.29) is 4.48 Å². The van der Waals surface area contributed by atoms with E-state index in [1.165, 1.54) is 0 Å². The lowest BCUT2D eigenvalue weighted by atomic mass is 10.1. The average molecular weight is 243 g/mol. The van der Waals surface area contributed by atoms with Crippen molar-refractivity contribution in [3.05, 3.63) is 12.7 Å². The Bertz CT molecular complexity index is 251. The number of carbonyl (C=O) groups is 1. The van der Waals surface area contributed by atoms with Gasteiger partial charge in [0.25, 0.3) is 0 Å². The van der Waals surface area contributed by atoms with Gasteiger partial charge < -0.3 is 19.5 Å². The summed E-state index contributed by atoms with van der Waals surface area (Å²) in [4.78, 5) is 10.8. The van der Waals surface area contributed by atoms with Crippen LogP contribution in [0.1, 0.15) is 32.6 Å². The lowest BCUT2D eigenvalue weighted by molar-refractivity contribution is -0.909. The van der Waals surface area contributed by atoms with Gasteiger partial charge in [-0.2, -0.15) is 0 Å². The quantitative estimate of drug-likeness (QED) is 0.360. The van der Waals surface area contributed by atoms with E-state index in [1.807, 2.05) is 6.08 Å². The summed E-state index contributed by atoms with van der Waals surface area (Å²) in [6.07, 6.45) is 5.02. The van der Waals surface area contributed by atoms with Crippen molar-refractivity contribution in [2.75, 3.05) is 20.6 Å². The van der Waals surface area contributed by atoms with Crippen molar-refractivity contribution in [3.63, 3.8) is 0 Å². The summed E-state index contributed by atoms with van der Waals surface area (Å²) >= 11 is 0. The molecule has 0 fully saturated rings. The monoisotopic (exact) mass is 243 g/mol. The Morgan fingerprint density at radius 2 is 2.06 bits per heavy atom. The zero-order valence-electron chi connectivity index (χ0n) is 11.2. The van der Waals surface area contributed by atoms with Crippen LogP contribution in [0.5, 0.6) is 0 Å². The van der Waals surface area contributed by atoms with E-state index in [1.54, 1.807) is 21.0 Å². The van der Waals surface area contributed by atoms with Gasteiger partial charge in [0.15, 0.2) is 0 Å². The van der Waals surface area contributed by atoms with Crippen LogP contribution in [0.3, 0.4) is 0 Å². The van der Waals surface area contributed by atoms with Crippen molar-refractivity contribution in [2.24, 2.45) is 0 Å². The molecule has 2 unspecified atom stereocenters. The first-order valence-corrected chi connectivity index (χ1v) is 6.13. The van der Waals surface area contributed by atoms with Gasteiger partial charge in [-0.15, -0.1) is 6.58 Å². The molecule has 100 valence electrons. The van der Waals surface area contributed by atoms with Crippen molar-refractivity contribution < 1.29 is 19.5 Å². The highest BCUT2D eigenvalue weighted by Crippen LogP contribution is 2.11. The number of rotatable bonds is 9. The Hall–Kier alpha value is -0.870. The van der Waals surface area contributed by atoms with Crippen molar-refractivity contribution >= 4 is 5.97 Å². The minimum Gasteiger partial charge on any atom is -0.544 e. The number of carboxylic acids is 1. The molecule has 4 nitrogen and oxygen atoms in total.